The summed E-state index contributed by atoms with van der Waals surface area (Å²) < 4.78 is 0. The standard InChI is InChI=1S/C13H21N3/c1-11-3-4-12(9-15-11)7-14-8-13-5-6-16(2)10-13/h3-4,9,13-14H,5-8,10H2,1-2H3. The molecule has 0 spiro atoms. The maximum Gasteiger partial charge on any atom is 0.0372 e. The first-order valence-corrected chi connectivity index (χ1v) is 6.05. The first kappa shape index (κ1) is 11.6. The lowest BCUT2D eigenvalue weighted by atomic mass is 10.1. The van der Waals surface area contributed by atoms with Crippen LogP contribution in [-0.2, 0) is 6.54 Å². The van der Waals surface area contributed by atoms with E-state index in [1.165, 1.54) is 25.1 Å². The molecule has 2 heterocycles. The first-order valence-electron chi connectivity index (χ1n) is 6.05. The van der Waals surface area contributed by atoms with Crippen molar-refractivity contribution in [1.82, 2.24) is 15.2 Å². The molecule has 88 valence electrons. The Morgan fingerprint density at radius 2 is 2.38 bits per heavy atom. The normalized spacial score (nSPS) is 21.5. The van der Waals surface area contributed by atoms with E-state index in [2.05, 4.69) is 34.4 Å². The minimum absolute atomic E-state index is 0.823. The monoisotopic (exact) mass is 219 g/mol. The summed E-state index contributed by atoms with van der Waals surface area (Å²) in [5.41, 5.74) is 2.36. The molecule has 0 radical (unpaired) electrons. The number of nitrogens with zero attached hydrogens (tertiary/aromatic N) is 2. The highest BCUT2D eigenvalue weighted by molar-refractivity contribution is 5.12. The Morgan fingerprint density at radius 1 is 1.50 bits per heavy atom. The fraction of sp³-hybridized carbons (Fsp3) is 0.615. The van der Waals surface area contributed by atoms with Crippen molar-refractivity contribution in [3.8, 4) is 0 Å². The van der Waals surface area contributed by atoms with Crippen molar-refractivity contribution in [3.05, 3.63) is 29.6 Å². The molecule has 3 nitrogen and oxygen atoms in total. The second-order valence-electron chi connectivity index (χ2n) is 4.86. The number of likely N-dealkylation sites (tertiary alicyclic amines) is 1. The number of pyridine rings is 1. The van der Waals surface area contributed by atoms with Gasteiger partial charge in [-0.05, 0) is 51.0 Å². The lowest BCUT2D eigenvalue weighted by Gasteiger charge is -2.11. The Bertz CT molecular complexity index is 320. The van der Waals surface area contributed by atoms with E-state index in [0.717, 1.165) is 24.7 Å². The Labute approximate surface area is 97.9 Å². The molecule has 0 saturated carbocycles. The summed E-state index contributed by atoms with van der Waals surface area (Å²) >= 11 is 0. The predicted octanol–water partition coefficient (Wildman–Crippen LogP) is 1.43. The van der Waals surface area contributed by atoms with E-state index in [-0.39, 0.29) is 0 Å². The van der Waals surface area contributed by atoms with Crippen LogP contribution in [0.2, 0.25) is 0 Å². The molecule has 1 saturated heterocycles. The highest BCUT2D eigenvalue weighted by Gasteiger charge is 2.18. The summed E-state index contributed by atoms with van der Waals surface area (Å²) in [4.78, 5) is 6.70. The fourth-order valence-electron chi connectivity index (χ4n) is 2.22. The molecular weight excluding hydrogens is 198 g/mol. The molecule has 0 amide bonds. The van der Waals surface area contributed by atoms with E-state index < -0.39 is 0 Å². The molecule has 1 atom stereocenters. The van der Waals surface area contributed by atoms with Gasteiger partial charge in [0.15, 0.2) is 0 Å². The van der Waals surface area contributed by atoms with Crippen molar-refractivity contribution < 1.29 is 0 Å². The van der Waals surface area contributed by atoms with Gasteiger partial charge >= 0.3 is 0 Å². The molecule has 16 heavy (non-hydrogen) atoms. The predicted molar refractivity (Wildman–Crippen MR) is 66.3 cm³/mol. The summed E-state index contributed by atoms with van der Waals surface area (Å²) in [6.07, 6.45) is 3.29. The van der Waals surface area contributed by atoms with E-state index in [1.807, 2.05) is 13.1 Å². The van der Waals surface area contributed by atoms with Crippen LogP contribution in [-0.4, -0.2) is 36.6 Å². The number of rotatable bonds is 4. The molecule has 0 aromatic carbocycles. The van der Waals surface area contributed by atoms with Crippen molar-refractivity contribution in [1.29, 1.82) is 0 Å². The van der Waals surface area contributed by atoms with Gasteiger partial charge in [-0.1, -0.05) is 6.07 Å². The molecule has 1 unspecified atom stereocenters. The third kappa shape index (κ3) is 3.29. The van der Waals surface area contributed by atoms with Crippen LogP contribution in [0.25, 0.3) is 0 Å². The maximum absolute atomic E-state index is 4.29. The first-order chi connectivity index (χ1) is 7.74. The number of nitrogens with one attached hydrogen (secondary N) is 1. The average Bonchev–Trinajstić information content (AvgIpc) is 2.67. The third-order valence-corrected chi connectivity index (χ3v) is 3.22. The zero-order valence-corrected chi connectivity index (χ0v) is 10.2. The average molecular weight is 219 g/mol. The minimum Gasteiger partial charge on any atom is -0.312 e. The van der Waals surface area contributed by atoms with Crippen LogP contribution in [0.5, 0.6) is 0 Å². The summed E-state index contributed by atoms with van der Waals surface area (Å²) in [6, 6.07) is 4.22. The van der Waals surface area contributed by atoms with Crippen LogP contribution in [0, 0.1) is 12.8 Å². The van der Waals surface area contributed by atoms with Crippen molar-refractivity contribution in [2.75, 3.05) is 26.7 Å². The van der Waals surface area contributed by atoms with Gasteiger partial charge in [-0.15, -0.1) is 0 Å². The van der Waals surface area contributed by atoms with E-state index in [0.29, 0.717) is 0 Å². The Balaban J connectivity index is 1.70. The minimum atomic E-state index is 0.823. The molecule has 1 fully saturated rings. The second kappa shape index (κ2) is 5.41. The quantitative estimate of drug-likeness (QED) is 0.830. The Hall–Kier alpha value is -0.930. The summed E-state index contributed by atoms with van der Waals surface area (Å²) in [5, 5.41) is 3.52. The lowest BCUT2D eigenvalue weighted by Crippen LogP contribution is -2.24. The van der Waals surface area contributed by atoms with Crippen molar-refractivity contribution in [3.63, 3.8) is 0 Å². The maximum atomic E-state index is 4.29. The van der Waals surface area contributed by atoms with Gasteiger partial charge in [0.05, 0.1) is 0 Å². The molecule has 0 aliphatic carbocycles. The molecule has 3 heteroatoms. The van der Waals surface area contributed by atoms with Crippen LogP contribution in [0.3, 0.4) is 0 Å². The number of hydrogen-bond acceptors (Lipinski definition) is 3. The highest BCUT2D eigenvalue weighted by Crippen LogP contribution is 2.12. The molecule has 2 rings (SSSR count). The van der Waals surface area contributed by atoms with Gasteiger partial charge in [-0.3, -0.25) is 4.98 Å². The number of aromatic nitrogens is 1. The largest absolute Gasteiger partial charge is 0.312 e. The van der Waals surface area contributed by atoms with Gasteiger partial charge in [0.1, 0.15) is 0 Å². The molecule has 1 N–H and O–H groups in total. The second-order valence-corrected chi connectivity index (χ2v) is 4.86. The molecule has 0 bridgehead atoms. The molecular formula is C13H21N3. The highest BCUT2D eigenvalue weighted by atomic mass is 15.1. The van der Waals surface area contributed by atoms with Crippen LogP contribution < -0.4 is 5.32 Å². The third-order valence-electron chi connectivity index (χ3n) is 3.22. The summed E-state index contributed by atoms with van der Waals surface area (Å²) in [6.45, 7) is 6.56. The van der Waals surface area contributed by atoms with Crippen LogP contribution in [0.1, 0.15) is 17.7 Å². The van der Waals surface area contributed by atoms with Gasteiger partial charge in [0.2, 0.25) is 0 Å². The van der Waals surface area contributed by atoms with Gasteiger partial charge in [0, 0.05) is 25.0 Å². The molecule has 1 aliphatic heterocycles. The van der Waals surface area contributed by atoms with Gasteiger partial charge in [0.25, 0.3) is 0 Å². The van der Waals surface area contributed by atoms with Crippen molar-refractivity contribution >= 4 is 0 Å². The van der Waals surface area contributed by atoms with Crippen LogP contribution in [0.4, 0.5) is 0 Å². The van der Waals surface area contributed by atoms with E-state index >= 15 is 0 Å². The molecule has 1 aromatic rings. The van der Waals surface area contributed by atoms with E-state index in [9.17, 15) is 0 Å². The fourth-order valence-corrected chi connectivity index (χ4v) is 2.22. The zero-order chi connectivity index (χ0) is 11.4. The van der Waals surface area contributed by atoms with Gasteiger partial charge in [-0.2, -0.15) is 0 Å². The topological polar surface area (TPSA) is 28.2 Å². The van der Waals surface area contributed by atoms with Crippen LogP contribution >= 0.6 is 0 Å². The van der Waals surface area contributed by atoms with Crippen molar-refractivity contribution in [2.45, 2.75) is 19.9 Å². The lowest BCUT2D eigenvalue weighted by molar-refractivity contribution is 0.388. The smallest absolute Gasteiger partial charge is 0.0372 e. The van der Waals surface area contributed by atoms with E-state index in [1.54, 1.807) is 0 Å². The zero-order valence-electron chi connectivity index (χ0n) is 10.2. The SMILES string of the molecule is Cc1ccc(CNCC2CCN(C)C2)cn1. The van der Waals surface area contributed by atoms with Gasteiger partial charge < -0.3 is 10.2 Å². The molecule has 1 aliphatic rings. The summed E-state index contributed by atoms with van der Waals surface area (Å²) in [7, 11) is 2.20. The Morgan fingerprint density at radius 3 is 3.00 bits per heavy atom. The van der Waals surface area contributed by atoms with Crippen LogP contribution in [0.15, 0.2) is 18.3 Å². The van der Waals surface area contributed by atoms with E-state index in [4.69, 9.17) is 0 Å². The van der Waals surface area contributed by atoms with Crippen molar-refractivity contribution in [2.24, 2.45) is 5.92 Å². The number of hydrogen-bond donors (Lipinski definition) is 1. The number of aryl methyl sites for hydroxylation is 1. The Kier molecular flexibility index (Phi) is 3.91. The summed E-state index contributed by atoms with van der Waals surface area (Å²) in [5.74, 6) is 0.823. The van der Waals surface area contributed by atoms with Gasteiger partial charge in [-0.25, -0.2) is 0 Å². The molecule has 1 aromatic heterocycles.